The number of nitrogens with one attached hydrogen (secondary N) is 1. The van der Waals surface area contributed by atoms with Crippen LogP contribution in [0.3, 0.4) is 0 Å². The highest BCUT2D eigenvalue weighted by molar-refractivity contribution is 6.36. The number of hydrogen-bond donors (Lipinski definition) is 3. The van der Waals surface area contributed by atoms with Crippen LogP contribution in [0.2, 0.25) is 10.0 Å². The van der Waals surface area contributed by atoms with Crippen LogP contribution in [-0.2, 0) is 29.4 Å². The first kappa shape index (κ1) is 35.3. The maximum atomic E-state index is 15.3. The number of likely N-dealkylation sites (tertiary alicyclic amines) is 1. The highest BCUT2D eigenvalue weighted by atomic mass is 35.5. The van der Waals surface area contributed by atoms with Crippen LogP contribution in [0.15, 0.2) is 72.3 Å². The molecule has 3 aromatic carbocycles. The second-order valence-electron chi connectivity index (χ2n) is 13.3. The highest BCUT2D eigenvalue weighted by Gasteiger charge is 2.70. The van der Waals surface area contributed by atoms with Gasteiger partial charge in [-0.3, -0.25) is 34.3 Å². The monoisotopic (exact) mass is 747 g/mol. The number of allylic oxidation sites excluding steroid dienone is 2. The number of anilines is 1. The van der Waals surface area contributed by atoms with E-state index in [0.29, 0.717) is 27.5 Å². The molecule has 3 fully saturated rings. The van der Waals surface area contributed by atoms with Crippen LogP contribution in [0.5, 0.6) is 17.2 Å². The van der Waals surface area contributed by atoms with Gasteiger partial charge in [0.15, 0.2) is 11.5 Å². The van der Waals surface area contributed by atoms with Crippen molar-refractivity contribution in [2.45, 2.75) is 37.5 Å². The van der Waals surface area contributed by atoms with Crippen molar-refractivity contribution >= 4 is 58.5 Å². The molecule has 7 rings (SSSR count). The SMILES string of the molecule is CCOc1cc([C@H]2C3=CC[C@@H]4C(=O)N(CCC(=O)O)C(=O)[C@@H]4[C@@H]3C[C@H]3C(=O)N(Nc4ccc(Cl)cc4Cl)C(=O)[C@@]23c2ccc(OC)cc2)ccc1O. The van der Waals surface area contributed by atoms with E-state index in [1.807, 2.05) is 6.08 Å². The van der Waals surface area contributed by atoms with Crippen molar-refractivity contribution in [2.24, 2.45) is 23.7 Å². The fraction of sp³-hybridized carbons (Fsp3) is 0.342. The molecule has 270 valence electrons. The lowest BCUT2D eigenvalue weighted by molar-refractivity contribution is -0.143. The van der Waals surface area contributed by atoms with Crippen LogP contribution in [0.25, 0.3) is 0 Å². The van der Waals surface area contributed by atoms with Gasteiger partial charge in [0.2, 0.25) is 11.8 Å². The molecule has 0 unspecified atom stereocenters. The van der Waals surface area contributed by atoms with E-state index in [1.165, 1.54) is 19.2 Å². The van der Waals surface area contributed by atoms with Crippen LogP contribution in [0.4, 0.5) is 5.69 Å². The Bertz CT molecular complexity index is 2040. The van der Waals surface area contributed by atoms with E-state index in [4.69, 9.17) is 32.7 Å². The minimum atomic E-state index is -1.60. The number of phenolic OH excluding ortho intramolecular Hbond substituents is 1. The van der Waals surface area contributed by atoms with Gasteiger partial charge in [-0.15, -0.1) is 0 Å². The lowest BCUT2D eigenvalue weighted by Gasteiger charge is -2.50. The van der Waals surface area contributed by atoms with E-state index in [0.717, 1.165) is 9.91 Å². The van der Waals surface area contributed by atoms with E-state index in [9.17, 15) is 29.4 Å². The number of carbonyl (C=O) groups excluding carboxylic acids is 4. The zero-order valence-corrected chi connectivity index (χ0v) is 29.7. The van der Waals surface area contributed by atoms with E-state index in [2.05, 4.69) is 5.43 Å². The predicted octanol–water partition coefficient (Wildman–Crippen LogP) is 5.57. The predicted molar refractivity (Wildman–Crippen MR) is 189 cm³/mol. The van der Waals surface area contributed by atoms with Crippen molar-refractivity contribution < 1.29 is 43.7 Å². The molecule has 0 aromatic heterocycles. The number of amides is 4. The van der Waals surface area contributed by atoms with Crippen molar-refractivity contribution in [3.63, 3.8) is 0 Å². The number of rotatable bonds is 10. The van der Waals surface area contributed by atoms with E-state index in [-0.39, 0.29) is 48.2 Å². The highest BCUT2D eigenvalue weighted by Crippen LogP contribution is 2.64. The topological polar surface area (TPSA) is 163 Å². The molecule has 4 amide bonds. The first-order valence-electron chi connectivity index (χ1n) is 16.9. The number of nitrogens with zero attached hydrogens (tertiary/aromatic N) is 2. The summed E-state index contributed by atoms with van der Waals surface area (Å²) in [4.78, 5) is 70.3. The van der Waals surface area contributed by atoms with Gasteiger partial charge in [-0.2, -0.15) is 5.01 Å². The van der Waals surface area contributed by atoms with Gasteiger partial charge in [-0.05, 0) is 79.3 Å². The Balaban J connectivity index is 1.45. The smallest absolute Gasteiger partial charge is 0.305 e. The third-order valence-electron chi connectivity index (χ3n) is 10.8. The molecule has 0 radical (unpaired) electrons. The molecule has 6 atom stereocenters. The van der Waals surface area contributed by atoms with Gasteiger partial charge in [-0.1, -0.05) is 53.1 Å². The molecule has 2 saturated heterocycles. The maximum Gasteiger partial charge on any atom is 0.305 e. The molecule has 2 heterocycles. The third-order valence-corrected chi connectivity index (χ3v) is 11.4. The summed E-state index contributed by atoms with van der Waals surface area (Å²) in [7, 11) is 1.52. The van der Waals surface area contributed by atoms with Crippen LogP contribution in [0.1, 0.15) is 43.2 Å². The number of fused-ring (bicyclic) bond motifs is 4. The number of carboxylic acids is 1. The van der Waals surface area contributed by atoms with Crippen molar-refractivity contribution in [1.82, 2.24) is 9.91 Å². The Kier molecular flexibility index (Phi) is 9.16. The molecule has 52 heavy (non-hydrogen) atoms. The molecular formula is C38H35Cl2N3O9. The summed E-state index contributed by atoms with van der Waals surface area (Å²) in [5.41, 5.74) is 3.36. The fourth-order valence-corrected chi connectivity index (χ4v) is 9.14. The van der Waals surface area contributed by atoms with Crippen molar-refractivity contribution in [3.8, 4) is 17.2 Å². The molecule has 1 saturated carbocycles. The van der Waals surface area contributed by atoms with Gasteiger partial charge in [0, 0.05) is 17.5 Å². The zero-order valence-electron chi connectivity index (χ0n) is 28.2. The summed E-state index contributed by atoms with van der Waals surface area (Å²) in [5.74, 6) is -6.89. The van der Waals surface area contributed by atoms with Gasteiger partial charge < -0.3 is 19.7 Å². The van der Waals surface area contributed by atoms with Crippen LogP contribution in [-0.4, -0.2) is 70.0 Å². The van der Waals surface area contributed by atoms with Gasteiger partial charge in [0.1, 0.15) is 5.75 Å². The zero-order chi connectivity index (χ0) is 37.1. The Morgan fingerprint density at radius 3 is 2.40 bits per heavy atom. The number of ether oxygens (including phenoxy) is 2. The lowest BCUT2D eigenvalue weighted by Crippen LogP contribution is -2.53. The van der Waals surface area contributed by atoms with Crippen molar-refractivity contribution in [3.05, 3.63) is 93.5 Å². The third kappa shape index (κ3) is 5.47. The number of halogens is 2. The Labute approximate surface area is 308 Å². The second-order valence-corrected chi connectivity index (χ2v) is 14.2. The number of carboxylic acid groups (broad SMARTS) is 1. The van der Waals surface area contributed by atoms with Gasteiger partial charge in [0.25, 0.3) is 11.8 Å². The van der Waals surface area contributed by atoms with Gasteiger partial charge in [-0.25, -0.2) is 0 Å². The number of aromatic hydroxyl groups is 1. The second kappa shape index (κ2) is 13.5. The molecule has 0 spiro atoms. The number of phenols is 1. The summed E-state index contributed by atoms with van der Waals surface area (Å²) >= 11 is 12.7. The minimum Gasteiger partial charge on any atom is -0.504 e. The molecule has 3 aromatic rings. The Hall–Kier alpha value is -5.07. The van der Waals surface area contributed by atoms with E-state index in [1.54, 1.807) is 55.5 Å². The normalized spacial score (nSPS) is 26.5. The summed E-state index contributed by atoms with van der Waals surface area (Å²) in [6.45, 7) is 1.74. The minimum absolute atomic E-state index is 0.0365. The molecule has 4 aliphatic rings. The summed E-state index contributed by atoms with van der Waals surface area (Å²) < 4.78 is 11.2. The first-order chi connectivity index (χ1) is 24.9. The average molecular weight is 749 g/mol. The van der Waals surface area contributed by atoms with E-state index < -0.39 is 71.0 Å². The number of methoxy groups -OCH3 is 1. The molecule has 3 N–H and O–H groups in total. The number of imide groups is 2. The summed E-state index contributed by atoms with van der Waals surface area (Å²) in [6.07, 6.45) is 1.70. The fourth-order valence-electron chi connectivity index (χ4n) is 8.69. The average Bonchev–Trinajstić information content (AvgIpc) is 3.49. The molecular weight excluding hydrogens is 713 g/mol. The number of carbonyl (C=O) groups is 5. The standard InChI is InChI=1S/C38H35Cl2N3O9/c1-3-52-30-16-19(4-13-29(30)44)33-23-10-11-24-32(36(49)42(34(24)47)15-14-31(45)46)25(23)18-26-35(48)43(41-28-12-7-21(39)17-27(28)40)37(50)38(26,33)20-5-8-22(51-2)9-6-20/h4-10,12-13,16-17,24-26,32-33,41,44H,3,11,14-15,18H2,1-2H3,(H,45,46)/t24-,25+,26-,32-,33-,38+/m0/s1. The molecule has 2 aliphatic carbocycles. The number of hydrazine groups is 1. The number of benzene rings is 3. The van der Waals surface area contributed by atoms with E-state index >= 15 is 4.79 Å². The Morgan fingerprint density at radius 1 is 0.981 bits per heavy atom. The lowest BCUT2D eigenvalue weighted by atomic mass is 9.49. The largest absolute Gasteiger partial charge is 0.504 e. The van der Waals surface area contributed by atoms with Crippen LogP contribution in [0, 0.1) is 23.7 Å². The number of aliphatic carboxylic acids is 1. The summed E-state index contributed by atoms with van der Waals surface area (Å²) in [6, 6.07) is 16.3. The van der Waals surface area contributed by atoms with Crippen LogP contribution < -0.4 is 14.9 Å². The quantitative estimate of drug-likeness (QED) is 0.177. The summed E-state index contributed by atoms with van der Waals surface area (Å²) in [5, 5.41) is 21.6. The molecule has 12 nitrogen and oxygen atoms in total. The van der Waals surface area contributed by atoms with Gasteiger partial charge >= 0.3 is 5.97 Å². The first-order valence-corrected chi connectivity index (χ1v) is 17.6. The Morgan fingerprint density at radius 2 is 1.73 bits per heavy atom. The molecule has 14 heteroatoms. The van der Waals surface area contributed by atoms with Crippen molar-refractivity contribution in [1.29, 1.82) is 0 Å². The van der Waals surface area contributed by atoms with Gasteiger partial charge in [0.05, 0.1) is 54.0 Å². The number of hydrogen-bond acceptors (Lipinski definition) is 9. The maximum absolute atomic E-state index is 15.3. The molecule has 0 bridgehead atoms. The van der Waals surface area contributed by atoms with Crippen LogP contribution >= 0.6 is 23.2 Å². The van der Waals surface area contributed by atoms with Crippen molar-refractivity contribution in [2.75, 3.05) is 25.7 Å². The molecule has 2 aliphatic heterocycles.